The van der Waals surface area contributed by atoms with Crippen molar-refractivity contribution in [1.82, 2.24) is 73.2 Å². The van der Waals surface area contributed by atoms with Crippen LogP contribution in [0.1, 0.15) is 171 Å². The van der Waals surface area contributed by atoms with E-state index in [1.165, 1.54) is 95.7 Å². The number of carboxylic acids is 2. The van der Waals surface area contributed by atoms with Gasteiger partial charge in [0.25, 0.3) is 0 Å². The molecule has 1 saturated carbocycles. The number of hydrogen-bond donors (Lipinski definition) is 18. The lowest BCUT2D eigenvalue weighted by molar-refractivity contribution is -0.149. The normalized spacial score (nSPS) is 22.8. The second-order valence-electron chi connectivity index (χ2n) is 34.1. The van der Waals surface area contributed by atoms with E-state index in [9.17, 15) is 58.4 Å². The molecule has 3 aliphatic rings. The summed E-state index contributed by atoms with van der Waals surface area (Å²) in [6.45, 7) is 3.60. The van der Waals surface area contributed by atoms with E-state index in [2.05, 4.69) is 58.5 Å². The zero-order chi connectivity index (χ0) is 95.5. The molecule has 1 heterocycles. The Labute approximate surface area is 758 Å². The lowest BCUT2D eigenvalue weighted by atomic mass is 9.84. The fraction of sp³-hybridized carbons (Fsp3) is 0.544. The van der Waals surface area contributed by atoms with Crippen LogP contribution in [-0.4, -0.2) is 260 Å². The number of hydrogen-bond acceptors (Lipinski definition) is 21. The van der Waals surface area contributed by atoms with Gasteiger partial charge < -0.3 is 111 Å². The van der Waals surface area contributed by atoms with E-state index in [0.717, 1.165) is 57.2 Å². The summed E-state index contributed by atoms with van der Waals surface area (Å²) in [5, 5.41) is 69.7. The van der Waals surface area contributed by atoms with Gasteiger partial charge in [-0.05, 0) is 173 Å². The SMILES string of the molecule is CCCC[C@H]1C(=O)NC(C)(C)C(=O)N[C@@H](CC2Cc3ccccc3C2)C(=O)N[C@@H](Cc2ccc(F)cc2)C(=O)N(C)CC(=O)N[C@@H](Cc2ccc(O)cc2)C(=O)N[C@@H](Cc2ccc(O)cc2)C(=O)N[C@@H](CCCNC(N)=O)C(=O)N[C@H](CCCCN)C(=O)N[C@@H](CC2CCCCC2)C(=O)N[C@H](C(=O)N[C@H](CCC(=O)O)C(N)=O)CSCC(=O)N(C)[C@@H](CCC(=O)O)C(=O)N1C. The molecule has 7 rings (SSSR count). The number of nitrogens with zero attached hydrogens (tertiary/aromatic N) is 3. The summed E-state index contributed by atoms with van der Waals surface area (Å²) in [7, 11) is 3.69. The predicted octanol–water partition coefficient (Wildman–Crippen LogP) is 1.14. The molecule has 16 amide bonds. The average molecular weight is 1830 g/mol. The van der Waals surface area contributed by atoms with Gasteiger partial charge in [0.2, 0.25) is 82.7 Å². The highest BCUT2D eigenvalue weighted by Gasteiger charge is 2.43. The zero-order valence-corrected chi connectivity index (χ0v) is 75.2. The van der Waals surface area contributed by atoms with Crippen LogP contribution >= 0.6 is 11.8 Å². The predicted molar refractivity (Wildman–Crippen MR) is 477 cm³/mol. The van der Waals surface area contributed by atoms with Crippen molar-refractivity contribution in [2.24, 2.45) is 29.0 Å². The first-order valence-electron chi connectivity index (χ1n) is 44.0. The Balaban J connectivity index is 1.36. The van der Waals surface area contributed by atoms with Crippen LogP contribution in [0.5, 0.6) is 11.5 Å². The van der Waals surface area contributed by atoms with Gasteiger partial charge in [-0.25, -0.2) is 9.18 Å². The first-order chi connectivity index (χ1) is 61.7. The van der Waals surface area contributed by atoms with Crippen molar-refractivity contribution in [3.05, 3.63) is 131 Å². The number of rotatable bonds is 30. The maximum absolute atomic E-state index is 15.4. The molecule has 130 heavy (non-hydrogen) atoms. The van der Waals surface area contributed by atoms with Crippen LogP contribution in [0.25, 0.3) is 0 Å². The molecule has 11 atom stereocenters. The number of halogens is 1. The number of fused-ring (bicyclic) bond motifs is 1. The van der Waals surface area contributed by atoms with E-state index >= 15 is 47.9 Å². The molecule has 38 nitrogen and oxygen atoms in total. The van der Waals surface area contributed by atoms with Gasteiger partial charge in [0.1, 0.15) is 89.3 Å². The van der Waals surface area contributed by atoms with E-state index in [1.807, 2.05) is 24.3 Å². The third-order valence-electron chi connectivity index (χ3n) is 23.4. The maximum Gasteiger partial charge on any atom is 0.312 e. The summed E-state index contributed by atoms with van der Waals surface area (Å²) in [5.74, 6) is -19.1. The van der Waals surface area contributed by atoms with Crippen molar-refractivity contribution in [3.8, 4) is 11.5 Å². The summed E-state index contributed by atoms with van der Waals surface area (Å²) in [6, 6.07) is 5.00. The molecule has 4 aromatic carbocycles. The van der Waals surface area contributed by atoms with Gasteiger partial charge in [0, 0.05) is 65.5 Å². The number of phenolic OH excluding ortho intramolecular Hbond substituents is 2. The van der Waals surface area contributed by atoms with Gasteiger partial charge in [0.05, 0.1) is 12.3 Å². The summed E-state index contributed by atoms with van der Waals surface area (Å²) in [6.07, 6.45) is 1.48. The second kappa shape index (κ2) is 51.6. The van der Waals surface area contributed by atoms with Crippen LogP contribution in [0.15, 0.2) is 97.1 Å². The third kappa shape index (κ3) is 33.9. The average Bonchev–Trinajstić information content (AvgIpc) is 1.47. The Bertz CT molecular complexity index is 4580. The highest BCUT2D eigenvalue weighted by molar-refractivity contribution is 8.00. The smallest absolute Gasteiger partial charge is 0.312 e. The van der Waals surface area contributed by atoms with Crippen molar-refractivity contribution in [2.75, 3.05) is 52.3 Å². The number of benzene rings is 4. The lowest BCUT2D eigenvalue weighted by Gasteiger charge is -2.36. The summed E-state index contributed by atoms with van der Waals surface area (Å²) >= 11 is 0.715. The number of thioether (sulfide) groups is 1. The van der Waals surface area contributed by atoms with Crippen molar-refractivity contribution in [1.29, 1.82) is 0 Å². The van der Waals surface area contributed by atoms with E-state index in [-0.39, 0.29) is 101 Å². The molecule has 4 aromatic rings. The highest BCUT2D eigenvalue weighted by atomic mass is 32.2. The summed E-state index contributed by atoms with van der Waals surface area (Å²) in [5.41, 5.74) is 18.1. The molecule has 0 aromatic heterocycles. The number of aliphatic carboxylic acids is 2. The molecule has 0 radical (unpaired) electrons. The van der Waals surface area contributed by atoms with Gasteiger partial charge in [-0.3, -0.25) is 76.7 Å². The summed E-state index contributed by atoms with van der Waals surface area (Å²) < 4.78 is 14.6. The van der Waals surface area contributed by atoms with E-state index in [0.29, 0.717) is 73.4 Å². The zero-order valence-electron chi connectivity index (χ0n) is 74.3. The molecular formula is C90H126FN17O21S. The van der Waals surface area contributed by atoms with Crippen molar-refractivity contribution >= 4 is 112 Å². The molecule has 0 unspecified atom stereocenters. The summed E-state index contributed by atoms with van der Waals surface area (Å²) in [4.78, 5) is 248. The monoisotopic (exact) mass is 1830 g/mol. The number of carboxylic acid groups (broad SMARTS) is 2. The van der Waals surface area contributed by atoms with Crippen LogP contribution in [-0.2, 0) is 109 Å². The topological polar surface area (TPSA) is 591 Å². The molecule has 21 N–H and O–H groups in total. The van der Waals surface area contributed by atoms with E-state index in [4.69, 9.17) is 17.2 Å². The van der Waals surface area contributed by atoms with E-state index in [1.54, 1.807) is 6.92 Å². The molecule has 2 aliphatic carbocycles. The van der Waals surface area contributed by atoms with Gasteiger partial charge >= 0.3 is 18.0 Å². The molecule has 0 bridgehead atoms. The molecule has 1 aliphatic heterocycles. The minimum absolute atomic E-state index is 0.0486. The van der Waals surface area contributed by atoms with Crippen molar-refractivity contribution in [2.45, 2.75) is 247 Å². The van der Waals surface area contributed by atoms with Crippen LogP contribution in [0.3, 0.4) is 0 Å². The molecule has 40 heteroatoms. The first-order valence-corrected chi connectivity index (χ1v) is 45.1. The standard InChI is InChI=1S/C90H126FN17O21S/c1-7-8-23-71-85(125)105-90(2,3)88(128)104-68(48-56-42-57-19-12-13-20-58(57)43-56)83(123)102-69(47-53-24-30-59(91)31-25-53)86(126)106(4)49-73(111)96-65(45-54-26-32-60(109)33-27-54)80(120)101-67(46-55-28-34-61(110)35-29-55)81(121)99-64(22-16-41-95-89(94)129)78(118)98-63(21-14-15-40-92)79(119)100-66(44-52-17-10-9-11-18-52)82(122)103-70(84(124)97-62(77(93)117)36-38-75(113)114)50-130-51-74(112)107(5)72(37-39-76(115)116)87(127)108(71)6/h12-13,19-20,24-35,52,56,62-72,109-110H,7-11,14-18,21-23,36-51,92H2,1-6H3,(H2,93,117)(H,96,111)(H,97,124)(H,98,118)(H,99,121)(H,100,119)(H,101,120)(H,102,123)(H,103,122)(H,104,128)(H,105,125)(H,113,114)(H,115,116)(H3,94,95,129)/t62-,63-,64+,65+,66+,67+,68+,69+,70+,71+,72+/m1/s1. The highest BCUT2D eigenvalue weighted by Crippen LogP contribution is 2.32. The number of likely N-dealkylation sites (N-methyl/N-ethyl adjacent to an activating group) is 3. The Morgan fingerprint density at radius 3 is 1.58 bits per heavy atom. The number of nitrogens with two attached hydrogens (primary N) is 3. The van der Waals surface area contributed by atoms with E-state index < -0.39 is 222 Å². The lowest BCUT2D eigenvalue weighted by Crippen LogP contribution is -2.63. The number of amides is 16. The number of aromatic hydroxyl groups is 2. The van der Waals surface area contributed by atoms with Gasteiger partial charge in [-0.15, -0.1) is 11.8 Å². The van der Waals surface area contributed by atoms with Crippen LogP contribution < -0.4 is 75.7 Å². The quantitative estimate of drug-likeness (QED) is 0.0325. The van der Waals surface area contributed by atoms with Crippen LogP contribution in [0.4, 0.5) is 9.18 Å². The molecule has 1 saturated heterocycles. The molecule has 2 fully saturated rings. The molecular weight excluding hydrogens is 1710 g/mol. The molecule has 710 valence electrons. The maximum atomic E-state index is 15.4. The fourth-order valence-electron chi connectivity index (χ4n) is 15.9. The van der Waals surface area contributed by atoms with Gasteiger partial charge in [-0.1, -0.05) is 113 Å². The van der Waals surface area contributed by atoms with Crippen LogP contribution in [0.2, 0.25) is 0 Å². The van der Waals surface area contributed by atoms with Crippen LogP contribution in [0, 0.1) is 17.7 Å². The molecule has 0 spiro atoms. The minimum atomic E-state index is -1.95. The van der Waals surface area contributed by atoms with Gasteiger partial charge in [0.15, 0.2) is 0 Å². The number of urea groups is 1. The number of carbonyl (C=O) groups excluding carboxylic acids is 15. The third-order valence-corrected chi connectivity index (χ3v) is 24.4. The van der Waals surface area contributed by atoms with Gasteiger partial charge in [-0.2, -0.15) is 0 Å². The largest absolute Gasteiger partial charge is 0.508 e. The Morgan fingerprint density at radius 1 is 0.538 bits per heavy atom. The number of phenols is 2. The number of nitrogens with one attached hydrogen (secondary N) is 11. The van der Waals surface area contributed by atoms with Crippen molar-refractivity contribution < 1.29 is 106 Å². The Morgan fingerprint density at radius 2 is 1.03 bits per heavy atom. The first kappa shape index (κ1) is 105. The number of carbonyl (C=O) groups is 17. The van der Waals surface area contributed by atoms with Crippen molar-refractivity contribution in [3.63, 3.8) is 0 Å². The Kier molecular flexibility index (Phi) is 41.5. The fourth-order valence-corrected chi connectivity index (χ4v) is 16.9. The second-order valence-corrected chi connectivity index (χ2v) is 35.1. The number of primary amides is 2. The minimum Gasteiger partial charge on any atom is -0.508 e. The number of unbranched alkanes of at least 4 members (excludes halogenated alkanes) is 2. The Hall–Kier alpha value is -12.5.